The Morgan fingerprint density at radius 2 is 1.12 bits per heavy atom. The highest BCUT2D eigenvalue weighted by Gasteiger charge is 2.19. The number of aromatic nitrogens is 3. The third-order valence-corrected chi connectivity index (χ3v) is 4.97. The Hall–Kier alpha value is -2.17. The minimum atomic E-state index is 0.694. The van der Waals surface area contributed by atoms with Crippen molar-refractivity contribution in [1.82, 2.24) is 15.0 Å². The summed E-state index contributed by atoms with van der Waals surface area (Å²) in [7, 11) is 5.95. The highest BCUT2D eigenvalue weighted by molar-refractivity contribution is 5.70. The zero-order valence-corrected chi connectivity index (χ0v) is 16.4. The molecule has 1 aromatic heterocycles. The number of hydrogen-bond donors (Lipinski definition) is 0. The molecule has 1 aromatic carbocycles. The van der Waals surface area contributed by atoms with Gasteiger partial charge in [0.05, 0.1) is 0 Å². The Morgan fingerprint density at radius 1 is 0.667 bits per heavy atom. The number of anilines is 3. The van der Waals surface area contributed by atoms with Gasteiger partial charge in [0.1, 0.15) is 5.82 Å². The summed E-state index contributed by atoms with van der Waals surface area (Å²) in [6, 6.07) is 0. The Morgan fingerprint density at radius 3 is 1.58 bits per heavy atom. The fourth-order valence-electron chi connectivity index (χ4n) is 2.99. The molecule has 130 valence electrons. The molecular formula is C19H29N5. The van der Waals surface area contributed by atoms with Crippen LogP contribution in [0, 0.1) is 34.6 Å². The molecule has 1 heterocycles. The summed E-state index contributed by atoms with van der Waals surface area (Å²) >= 11 is 0. The van der Waals surface area contributed by atoms with Gasteiger partial charge in [0.25, 0.3) is 0 Å². The van der Waals surface area contributed by atoms with Crippen molar-refractivity contribution in [1.29, 1.82) is 0 Å². The first-order chi connectivity index (χ1) is 11.2. The number of aryl methyl sites for hydroxylation is 1. The third kappa shape index (κ3) is 3.07. The summed E-state index contributed by atoms with van der Waals surface area (Å²) in [4.78, 5) is 17.8. The summed E-state index contributed by atoms with van der Waals surface area (Å²) in [6.07, 6.45) is 0.786. The molecule has 0 aliphatic carbocycles. The first-order valence-corrected chi connectivity index (χ1v) is 8.41. The van der Waals surface area contributed by atoms with Gasteiger partial charge in [-0.1, -0.05) is 6.92 Å². The van der Waals surface area contributed by atoms with Crippen molar-refractivity contribution < 1.29 is 0 Å². The molecule has 5 heteroatoms. The Labute approximate surface area is 145 Å². The maximum Gasteiger partial charge on any atom is 0.234 e. The van der Waals surface area contributed by atoms with Crippen LogP contribution < -0.4 is 9.80 Å². The van der Waals surface area contributed by atoms with Gasteiger partial charge in [-0.15, -0.1) is 0 Å². The van der Waals surface area contributed by atoms with Crippen molar-refractivity contribution in [2.75, 3.05) is 30.9 Å². The van der Waals surface area contributed by atoms with E-state index in [2.05, 4.69) is 61.4 Å². The molecule has 0 radical (unpaired) electrons. The van der Waals surface area contributed by atoms with Gasteiger partial charge < -0.3 is 9.80 Å². The number of nitrogens with zero attached hydrogens (tertiary/aromatic N) is 5. The van der Waals surface area contributed by atoms with Crippen LogP contribution in [-0.4, -0.2) is 36.1 Å². The van der Waals surface area contributed by atoms with E-state index in [9.17, 15) is 0 Å². The summed E-state index contributed by atoms with van der Waals surface area (Å²) in [6.45, 7) is 13.0. The molecule has 0 saturated heterocycles. The van der Waals surface area contributed by atoms with E-state index in [1.165, 1.54) is 33.5 Å². The second-order valence-electron chi connectivity index (χ2n) is 6.63. The number of rotatable bonds is 4. The van der Waals surface area contributed by atoms with Gasteiger partial charge in [-0.3, -0.25) is 0 Å². The lowest BCUT2D eigenvalue weighted by Crippen LogP contribution is -2.21. The topological polar surface area (TPSA) is 45.2 Å². The van der Waals surface area contributed by atoms with Gasteiger partial charge in [-0.05, 0) is 62.4 Å². The summed E-state index contributed by atoms with van der Waals surface area (Å²) in [5.41, 5.74) is 7.77. The van der Waals surface area contributed by atoms with Crippen LogP contribution in [0.1, 0.15) is 40.6 Å². The summed E-state index contributed by atoms with van der Waals surface area (Å²) < 4.78 is 0. The molecule has 0 aliphatic heterocycles. The van der Waals surface area contributed by atoms with Gasteiger partial charge >= 0.3 is 0 Å². The quantitative estimate of drug-likeness (QED) is 0.854. The van der Waals surface area contributed by atoms with Crippen LogP contribution in [-0.2, 0) is 6.42 Å². The standard InChI is InChI=1S/C19H29N5/c1-10-16-20-18(23(7)8)22-19(21-16)24(9)17-14(5)12(3)11(2)13(4)15(17)6/h10H2,1-9H3. The van der Waals surface area contributed by atoms with E-state index in [1.807, 2.05) is 26.0 Å². The third-order valence-electron chi connectivity index (χ3n) is 4.97. The molecule has 0 bridgehead atoms. The van der Waals surface area contributed by atoms with Crippen LogP contribution in [0.5, 0.6) is 0 Å². The molecule has 0 fully saturated rings. The summed E-state index contributed by atoms with van der Waals surface area (Å²) in [5, 5.41) is 0. The number of benzene rings is 1. The second kappa shape index (κ2) is 6.75. The van der Waals surface area contributed by atoms with Gasteiger partial charge in [-0.2, -0.15) is 15.0 Å². The molecular weight excluding hydrogens is 298 g/mol. The average Bonchev–Trinajstić information content (AvgIpc) is 2.57. The molecule has 0 aliphatic rings. The van der Waals surface area contributed by atoms with Gasteiger partial charge in [0.2, 0.25) is 11.9 Å². The van der Waals surface area contributed by atoms with E-state index >= 15 is 0 Å². The molecule has 0 spiro atoms. The van der Waals surface area contributed by atoms with Crippen LogP contribution in [0.2, 0.25) is 0 Å². The van der Waals surface area contributed by atoms with Crippen LogP contribution >= 0.6 is 0 Å². The molecule has 0 atom stereocenters. The van der Waals surface area contributed by atoms with E-state index in [1.54, 1.807) is 0 Å². The predicted octanol–water partition coefficient (Wildman–Crippen LogP) is 3.81. The minimum absolute atomic E-state index is 0.694. The largest absolute Gasteiger partial charge is 0.347 e. The van der Waals surface area contributed by atoms with Crippen molar-refractivity contribution in [2.45, 2.75) is 48.0 Å². The molecule has 0 amide bonds. The smallest absolute Gasteiger partial charge is 0.234 e. The first-order valence-electron chi connectivity index (χ1n) is 8.41. The van der Waals surface area contributed by atoms with Crippen LogP contribution in [0.15, 0.2) is 0 Å². The molecule has 2 aromatic rings. The van der Waals surface area contributed by atoms with Gasteiger partial charge in [0, 0.05) is 33.3 Å². The van der Waals surface area contributed by atoms with E-state index in [-0.39, 0.29) is 0 Å². The van der Waals surface area contributed by atoms with E-state index in [0.29, 0.717) is 11.9 Å². The van der Waals surface area contributed by atoms with Crippen molar-refractivity contribution >= 4 is 17.6 Å². The van der Waals surface area contributed by atoms with Gasteiger partial charge in [0.15, 0.2) is 0 Å². The SMILES string of the molecule is CCc1nc(N(C)C)nc(N(C)c2c(C)c(C)c(C)c(C)c2C)n1. The first kappa shape index (κ1) is 18.2. The molecule has 0 saturated carbocycles. The molecule has 2 rings (SSSR count). The highest BCUT2D eigenvalue weighted by atomic mass is 15.3. The lowest BCUT2D eigenvalue weighted by molar-refractivity contribution is 0.853. The molecule has 0 unspecified atom stereocenters. The van der Waals surface area contributed by atoms with Crippen LogP contribution in [0.3, 0.4) is 0 Å². The van der Waals surface area contributed by atoms with E-state index in [0.717, 1.165) is 12.2 Å². The minimum Gasteiger partial charge on any atom is -0.347 e. The Bertz CT molecular complexity index is 736. The van der Waals surface area contributed by atoms with Gasteiger partial charge in [-0.25, -0.2) is 0 Å². The van der Waals surface area contributed by atoms with Crippen LogP contribution in [0.25, 0.3) is 0 Å². The predicted molar refractivity (Wildman–Crippen MR) is 102 cm³/mol. The zero-order valence-electron chi connectivity index (χ0n) is 16.4. The second-order valence-corrected chi connectivity index (χ2v) is 6.63. The van der Waals surface area contributed by atoms with Crippen molar-refractivity contribution in [2.24, 2.45) is 0 Å². The highest BCUT2D eigenvalue weighted by Crippen LogP contribution is 2.35. The average molecular weight is 327 g/mol. The van der Waals surface area contributed by atoms with Crippen molar-refractivity contribution in [3.8, 4) is 0 Å². The number of hydrogen-bond acceptors (Lipinski definition) is 5. The van der Waals surface area contributed by atoms with Crippen LogP contribution in [0.4, 0.5) is 17.6 Å². The van der Waals surface area contributed by atoms with Crippen molar-refractivity contribution in [3.63, 3.8) is 0 Å². The molecule has 0 N–H and O–H groups in total. The Kier molecular flexibility index (Phi) is 5.11. The fourth-order valence-corrected chi connectivity index (χ4v) is 2.99. The molecule has 5 nitrogen and oxygen atoms in total. The molecule has 24 heavy (non-hydrogen) atoms. The van der Waals surface area contributed by atoms with Crippen molar-refractivity contribution in [3.05, 3.63) is 33.6 Å². The fraction of sp³-hybridized carbons (Fsp3) is 0.526. The maximum absolute atomic E-state index is 4.65. The lowest BCUT2D eigenvalue weighted by atomic mass is 9.92. The maximum atomic E-state index is 4.65. The van der Waals surface area contributed by atoms with E-state index in [4.69, 9.17) is 0 Å². The Balaban J connectivity index is 2.66. The normalized spacial score (nSPS) is 10.9. The monoisotopic (exact) mass is 327 g/mol. The summed E-state index contributed by atoms with van der Waals surface area (Å²) in [5.74, 6) is 2.20. The lowest BCUT2D eigenvalue weighted by Gasteiger charge is -2.26. The zero-order chi connectivity index (χ0) is 18.2. The van der Waals surface area contributed by atoms with E-state index < -0.39 is 0 Å².